The minimum atomic E-state index is -3.36. The van der Waals surface area contributed by atoms with Gasteiger partial charge in [-0.1, -0.05) is 12.1 Å². The molecular weight excluding hydrogens is 388 g/mol. The Labute approximate surface area is 174 Å². The van der Waals surface area contributed by atoms with Crippen molar-refractivity contribution >= 4 is 21.6 Å². The number of hydrogen-bond acceptors (Lipinski definition) is 4. The van der Waals surface area contributed by atoms with E-state index in [0.29, 0.717) is 31.6 Å². The molecule has 1 aromatic carbocycles. The molecule has 1 saturated carbocycles. The molecule has 1 heterocycles. The van der Waals surface area contributed by atoms with E-state index >= 15 is 0 Å². The van der Waals surface area contributed by atoms with Crippen LogP contribution in [-0.4, -0.2) is 38.3 Å². The first-order valence-corrected chi connectivity index (χ1v) is 12.1. The molecule has 0 bridgehead atoms. The highest BCUT2D eigenvalue weighted by Crippen LogP contribution is 2.30. The van der Waals surface area contributed by atoms with Crippen LogP contribution < -0.4 is 10.0 Å². The Kier molecular flexibility index (Phi) is 7.02. The Morgan fingerprint density at radius 1 is 1.03 bits per heavy atom. The predicted molar refractivity (Wildman–Crippen MR) is 115 cm³/mol. The van der Waals surface area contributed by atoms with E-state index < -0.39 is 14.8 Å². The van der Waals surface area contributed by atoms with Gasteiger partial charge in [0, 0.05) is 30.9 Å². The van der Waals surface area contributed by atoms with Gasteiger partial charge in [-0.05, 0) is 82.9 Å². The van der Waals surface area contributed by atoms with E-state index in [2.05, 4.69) is 22.2 Å². The summed E-state index contributed by atoms with van der Waals surface area (Å²) in [5.41, 5.74) is 2.10. The molecule has 1 saturated heterocycles. The predicted octanol–water partition coefficient (Wildman–Crippen LogP) is 3.80. The number of carbonyl (C=O) groups is 1. The number of nitrogens with one attached hydrogen (secondary N) is 2. The monoisotopic (exact) mass is 422 g/mol. The Hall–Kier alpha value is -1.44. The Bertz CT molecular complexity index is 802. The summed E-state index contributed by atoms with van der Waals surface area (Å²) in [7, 11) is -3.36. The standard InChI is InChI=1S/C22H34N2O4S/c1-22(2,3)29(26,27)24-19-9-7-17(8-10-19)21(25)23-20-6-4-5-18(15-20)16-11-13-28-14-12-16/h4-6,15-17,19,24H,7-14H2,1-3H3,(H,23,25)/t17-,19-. The van der Waals surface area contributed by atoms with Crippen LogP contribution in [-0.2, 0) is 19.6 Å². The van der Waals surface area contributed by atoms with E-state index in [9.17, 15) is 13.2 Å². The first kappa shape index (κ1) is 22.2. The van der Waals surface area contributed by atoms with Gasteiger partial charge in [-0.25, -0.2) is 13.1 Å². The highest BCUT2D eigenvalue weighted by molar-refractivity contribution is 7.90. The average Bonchev–Trinajstić information content (AvgIpc) is 2.68. The van der Waals surface area contributed by atoms with Crippen LogP contribution in [0, 0.1) is 5.92 Å². The summed E-state index contributed by atoms with van der Waals surface area (Å²) in [6, 6.07) is 8.05. The number of benzene rings is 1. The minimum Gasteiger partial charge on any atom is -0.381 e. The summed E-state index contributed by atoms with van der Waals surface area (Å²) < 4.78 is 32.1. The molecule has 29 heavy (non-hydrogen) atoms. The van der Waals surface area contributed by atoms with E-state index in [1.165, 1.54) is 5.56 Å². The van der Waals surface area contributed by atoms with Gasteiger partial charge >= 0.3 is 0 Å². The van der Waals surface area contributed by atoms with Crippen LogP contribution in [0.4, 0.5) is 5.69 Å². The summed E-state index contributed by atoms with van der Waals surface area (Å²) in [4.78, 5) is 12.7. The fourth-order valence-electron chi connectivity index (χ4n) is 4.02. The molecule has 1 aromatic rings. The first-order valence-electron chi connectivity index (χ1n) is 10.7. The molecule has 0 aromatic heterocycles. The number of rotatable bonds is 5. The minimum absolute atomic E-state index is 0.0336. The number of amides is 1. The zero-order valence-corrected chi connectivity index (χ0v) is 18.6. The molecule has 0 unspecified atom stereocenters. The van der Waals surface area contributed by atoms with E-state index in [4.69, 9.17) is 4.74 Å². The van der Waals surface area contributed by atoms with Gasteiger partial charge in [0.25, 0.3) is 0 Å². The van der Waals surface area contributed by atoms with Gasteiger partial charge in [0.15, 0.2) is 0 Å². The van der Waals surface area contributed by atoms with Crippen LogP contribution >= 0.6 is 0 Å². The van der Waals surface area contributed by atoms with E-state index in [1.54, 1.807) is 20.8 Å². The third-order valence-corrected chi connectivity index (χ3v) is 8.33. The number of anilines is 1. The van der Waals surface area contributed by atoms with E-state index in [-0.39, 0.29) is 17.9 Å². The SMILES string of the molecule is CC(C)(C)S(=O)(=O)N[C@H]1CC[C@H](C(=O)Nc2cccc(C3CCOCC3)c2)CC1. The van der Waals surface area contributed by atoms with Crippen LogP contribution in [0.3, 0.4) is 0 Å². The van der Waals surface area contributed by atoms with Crippen LogP contribution in [0.15, 0.2) is 24.3 Å². The fourth-order valence-corrected chi connectivity index (χ4v) is 5.04. The lowest BCUT2D eigenvalue weighted by Crippen LogP contribution is -2.46. The van der Waals surface area contributed by atoms with Crippen molar-refractivity contribution in [3.63, 3.8) is 0 Å². The Morgan fingerprint density at radius 2 is 1.69 bits per heavy atom. The van der Waals surface area contributed by atoms with Crippen LogP contribution in [0.25, 0.3) is 0 Å². The zero-order valence-electron chi connectivity index (χ0n) is 17.7. The van der Waals surface area contributed by atoms with Gasteiger partial charge in [-0.15, -0.1) is 0 Å². The molecule has 1 aliphatic carbocycles. The number of sulfonamides is 1. The van der Waals surface area contributed by atoms with Crippen molar-refractivity contribution in [3.05, 3.63) is 29.8 Å². The van der Waals surface area contributed by atoms with Crippen molar-refractivity contribution in [2.75, 3.05) is 18.5 Å². The normalized spacial score (nSPS) is 24.2. The number of ether oxygens (including phenoxy) is 1. The molecule has 2 aliphatic rings. The summed E-state index contributed by atoms with van der Waals surface area (Å²) >= 11 is 0. The van der Waals surface area contributed by atoms with Gasteiger partial charge in [0.05, 0.1) is 4.75 Å². The Balaban J connectivity index is 1.52. The molecule has 3 rings (SSSR count). The third-order valence-electron chi connectivity index (χ3n) is 6.07. The van der Waals surface area contributed by atoms with E-state index in [0.717, 1.165) is 31.7 Å². The molecule has 0 atom stereocenters. The molecular formula is C22H34N2O4S. The van der Waals surface area contributed by atoms with Crippen LogP contribution in [0.1, 0.15) is 70.8 Å². The summed E-state index contributed by atoms with van der Waals surface area (Å²) in [6.07, 6.45) is 4.81. The van der Waals surface area contributed by atoms with Crippen molar-refractivity contribution in [1.82, 2.24) is 4.72 Å². The van der Waals surface area contributed by atoms with Crippen LogP contribution in [0.5, 0.6) is 0 Å². The second kappa shape index (κ2) is 9.14. The third kappa shape index (κ3) is 5.80. The molecule has 0 radical (unpaired) electrons. The second-order valence-corrected chi connectivity index (χ2v) is 11.8. The molecule has 1 amide bonds. The lowest BCUT2D eigenvalue weighted by atomic mass is 9.86. The molecule has 162 valence electrons. The quantitative estimate of drug-likeness (QED) is 0.756. The Morgan fingerprint density at radius 3 is 2.31 bits per heavy atom. The zero-order chi connectivity index (χ0) is 21.1. The molecule has 2 N–H and O–H groups in total. The lowest BCUT2D eigenvalue weighted by Gasteiger charge is -2.31. The maximum atomic E-state index is 12.7. The molecule has 6 nitrogen and oxygen atoms in total. The smallest absolute Gasteiger partial charge is 0.227 e. The second-order valence-electron chi connectivity index (χ2n) is 9.28. The highest BCUT2D eigenvalue weighted by atomic mass is 32.2. The van der Waals surface area contributed by atoms with Gasteiger partial charge in [0.1, 0.15) is 0 Å². The molecule has 7 heteroatoms. The average molecular weight is 423 g/mol. The number of carbonyl (C=O) groups excluding carboxylic acids is 1. The lowest BCUT2D eigenvalue weighted by molar-refractivity contribution is -0.120. The van der Waals surface area contributed by atoms with Gasteiger partial charge in [-0.3, -0.25) is 4.79 Å². The fraction of sp³-hybridized carbons (Fsp3) is 0.682. The van der Waals surface area contributed by atoms with Crippen molar-refractivity contribution in [1.29, 1.82) is 0 Å². The van der Waals surface area contributed by atoms with Gasteiger partial charge in [-0.2, -0.15) is 0 Å². The largest absolute Gasteiger partial charge is 0.381 e. The summed E-state index contributed by atoms with van der Waals surface area (Å²) in [5, 5.41) is 3.07. The molecule has 0 spiro atoms. The topological polar surface area (TPSA) is 84.5 Å². The maximum absolute atomic E-state index is 12.7. The molecule has 2 fully saturated rings. The van der Waals surface area contributed by atoms with Crippen molar-refractivity contribution < 1.29 is 17.9 Å². The van der Waals surface area contributed by atoms with Crippen LogP contribution in [0.2, 0.25) is 0 Å². The van der Waals surface area contributed by atoms with Gasteiger partial charge in [0.2, 0.25) is 15.9 Å². The van der Waals surface area contributed by atoms with Crippen molar-refractivity contribution in [2.45, 2.75) is 76.0 Å². The first-order chi connectivity index (χ1) is 13.7. The van der Waals surface area contributed by atoms with E-state index in [1.807, 2.05) is 12.1 Å². The van der Waals surface area contributed by atoms with Gasteiger partial charge < -0.3 is 10.1 Å². The van der Waals surface area contributed by atoms with Crippen molar-refractivity contribution in [3.8, 4) is 0 Å². The summed E-state index contributed by atoms with van der Waals surface area (Å²) in [6.45, 7) is 6.68. The highest BCUT2D eigenvalue weighted by Gasteiger charge is 2.34. The summed E-state index contributed by atoms with van der Waals surface area (Å²) in [5.74, 6) is 0.454. The van der Waals surface area contributed by atoms with Crippen molar-refractivity contribution in [2.24, 2.45) is 5.92 Å². The number of hydrogen-bond donors (Lipinski definition) is 2. The molecule has 1 aliphatic heterocycles. The maximum Gasteiger partial charge on any atom is 0.227 e.